The monoisotopic (exact) mass is 271 g/mol. The minimum Gasteiger partial charge on any atom is -0.331 e. The van der Waals surface area contributed by atoms with Crippen LogP contribution in [0.1, 0.15) is 0 Å². The van der Waals surface area contributed by atoms with E-state index in [1.807, 2.05) is 18.2 Å². The van der Waals surface area contributed by atoms with Crippen LogP contribution in [0.4, 0.5) is 11.6 Å². The number of aromatic nitrogens is 2. The summed E-state index contributed by atoms with van der Waals surface area (Å²) in [4.78, 5) is 7.01. The van der Waals surface area contributed by atoms with Crippen molar-refractivity contribution < 1.29 is 0 Å². The van der Waals surface area contributed by atoms with Gasteiger partial charge in [-0.1, -0.05) is 11.6 Å². The Kier molecular flexibility index (Phi) is 2.74. The summed E-state index contributed by atoms with van der Waals surface area (Å²) in [6.07, 6.45) is 3.44. The standard InChI is InChI=1S/C9H7BrClN3/c10-7-5-6(11)1-2-8(7)14-9-12-3-4-13-9/h1-5H,(H2,12,13,14). The first-order valence-electron chi connectivity index (χ1n) is 3.97. The van der Waals surface area contributed by atoms with E-state index in [0.29, 0.717) is 11.0 Å². The normalized spacial score (nSPS) is 10.1. The van der Waals surface area contributed by atoms with Crippen molar-refractivity contribution in [1.29, 1.82) is 0 Å². The van der Waals surface area contributed by atoms with E-state index in [0.717, 1.165) is 10.2 Å². The fourth-order valence-electron chi connectivity index (χ4n) is 1.05. The maximum atomic E-state index is 5.82. The van der Waals surface area contributed by atoms with Crippen LogP contribution in [0, 0.1) is 0 Å². The van der Waals surface area contributed by atoms with Crippen LogP contribution >= 0.6 is 27.5 Å². The minimum absolute atomic E-state index is 0.696. The number of anilines is 2. The Morgan fingerprint density at radius 1 is 1.43 bits per heavy atom. The number of nitrogens with zero attached hydrogens (tertiary/aromatic N) is 1. The number of halogens is 2. The summed E-state index contributed by atoms with van der Waals surface area (Å²) in [5.41, 5.74) is 0.921. The quantitative estimate of drug-likeness (QED) is 0.877. The number of imidazole rings is 1. The first-order valence-corrected chi connectivity index (χ1v) is 5.14. The second-order valence-corrected chi connectivity index (χ2v) is 3.98. The molecule has 5 heteroatoms. The highest BCUT2D eigenvalue weighted by Gasteiger charge is 2.01. The molecule has 1 aromatic carbocycles. The summed E-state index contributed by atoms with van der Waals surface area (Å²) < 4.78 is 0.904. The number of hydrogen-bond acceptors (Lipinski definition) is 2. The molecule has 0 fully saturated rings. The zero-order chi connectivity index (χ0) is 9.97. The topological polar surface area (TPSA) is 40.7 Å². The van der Waals surface area contributed by atoms with Crippen LogP contribution in [-0.2, 0) is 0 Å². The molecule has 0 amide bonds. The lowest BCUT2D eigenvalue weighted by Crippen LogP contribution is -1.92. The number of nitrogens with one attached hydrogen (secondary N) is 2. The van der Waals surface area contributed by atoms with Gasteiger partial charge in [0.15, 0.2) is 0 Å². The van der Waals surface area contributed by atoms with Crippen molar-refractivity contribution in [3.63, 3.8) is 0 Å². The molecule has 2 N–H and O–H groups in total. The molecule has 3 nitrogen and oxygen atoms in total. The maximum absolute atomic E-state index is 5.82. The number of H-pyrrole nitrogens is 1. The van der Waals surface area contributed by atoms with Gasteiger partial charge in [0.2, 0.25) is 5.95 Å². The van der Waals surface area contributed by atoms with Crippen LogP contribution in [0.5, 0.6) is 0 Å². The van der Waals surface area contributed by atoms with E-state index in [1.54, 1.807) is 12.4 Å². The molecule has 0 unspecified atom stereocenters. The van der Waals surface area contributed by atoms with E-state index in [2.05, 4.69) is 31.2 Å². The lowest BCUT2D eigenvalue weighted by Gasteiger charge is -2.05. The third-order valence-electron chi connectivity index (χ3n) is 1.68. The Morgan fingerprint density at radius 3 is 2.93 bits per heavy atom. The van der Waals surface area contributed by atoms with Crippen LogP contribution in [0.3, 0.4) is 0 Å². The van der Waals surface area contributed by atoms with Gasteiger partial charge in [0.25, 0.3) is 0 Å². The number of hydrogen-bond donors (Lipinski definition) is 2. The van der Waals surface area contributed by atoms with Gasteiger partial charge in [-0.2, -0.15) is 0 Å². The van der Waals surface area contributed by atoms with Gasteiger partial charge in [0, 0.05) is 21.9 Å². The Morgan fingerprint density at radius 2 is 2.29 bits per heavy atom. The Bertz CT molecular complexity index is 428. The summed E-state index contributed by atoms with van der Waals surface area (Å²) in [7, 11) is 0. The molecule has 14 heavy (non-hydrogen) atoms. The van der Waals surface area contributed by atoms with Gasteiger partial charge in [-0.05, 0) is 34.1 Å². The summed E-state index contributed by atoms with van der Waals surface area (Å²) in [5, 5.41) is 3.80. The molecule has 0 saturated heterocycles. The predicted octanol–water partition coefficient (Wildman–Crippen LogP) is 3.57. The van der Waals surface area contributed by atoms with Gasteiger partial charge in [0.1, 0.15) is 0 Å². The molecule has 2 rings (SSSR count). The van der Waals surface area contributed by atoms with Crippen LogP contribution in [0.15, 0.2) is 35.1 Å². The second kappa shape index (κ2) is 4.02. The van der Waals surface area contributed by atoms with Crippen LogP contribution < -0.4 is 5.32 Å². The number of benzene rings is 1. The third kappa shape index (κ3) is 2.08. The summed E-state index contributed by atoms with van der Waals surface area (Å²) in [6, 6.07) is 5.53. The molecule has 2 aromatic rings. The molecule has 0 bridgehead atoms. The van der Waals surface area contributed by atoms with Crippen molar-refractivity contribution in [3.8, 4) is 0 Å². The number of rotatable bonds is 2. The molecule has 0 radical (unpaired) electrons. The number of aromatic amines is 1. The maximum Gasteiger partial charge on any atom is 0.204 e. The van der Waals surface area contributed by atoms with Gasteiger partial charge in [-0.25, -0.2) is 4.98 Å². The molecule has 1 heterocycles. The molecular weight excluding hydrogens is 265 g/mol. The average Bonchev–Trinajstić information content (AvgIpc) is 2.62. The Balaban J connectivity index is 2.25. The summed E-state index contributed by atoms with van der Waals surface area (Å²) in [5.74, 6) is 0.702. The highest BCUT2D eigenvalue weighted by Crippen LogP contribution is 2.27. The van der Waals surface area contributed by atoms with E-state index in [1.165, 1.54) is 0 Å². The van der Waals surface area contributed by atoms with Gasteiger partial charge in [0.05, 0.1) is 5.69 Å². The van der Waals surface area contributed by atoms with Crippen LogP contribution in [-0.4, -0.2) is 9.97 Å². The molecule has 0 atom stereocenters. The summed E-state index contributed by atoms with van der Waals surface area (Å²) >= 11 is 9.22. The highest BCUT2D eigenvalue weighted by molar-refractivity contribution is 9.10. The van der Waals surface area contributed by atoms with E-state index < -0.39 is 0 Å². The van der Waals surface area contributed by atoms with Gasteiger partial charge in [-0.15, -0.1) is 0 Å². The van der Waals surface area contributed by atoms with Crippen LogP contribution in [0.25, 0.3) is 0 Å². The van der Waals surface area contributed by atoms with Crippen molar-refractivity contribution in [2.24, 2.45) is 0 Å². The average molecular weight is 273 g/mol. The van der Waals surface area contributed by atoms with Gasteiger partial charge in [-0.3, -0.25) is 0 Å². The zero-order valence-electron chi connectivity index (χ0n) is 7.09. The zero-order valence-corrected chi connectivity index (χ0v) is 9.43. The SMILES string of the molecule is Clc1ccc(Nc2ncc[nH]2)c(Br)c1. The molecule has 0 saturated carbocycles. The molecule has 72 valence electrons. The van der Waals surface area contributed by atoms with Gasteiger partial charge >= 0.3 is 0 Å². The predicted molar refractivity (Wildman–Crippen MR) is 61.0 cm³/mol. The summed E-state index contributed by atoms with van der Waals surface area (Å²) in [6.45, 7) is 0. The van der Waals surface area contributed by atoms with Gasteiger partial charge < -0.3 is 10.3 Å². The largest absolute Gasteiger partial charge is 0.331 e. The fourth-order valence-corrected chi connectivity index (χ4v) is 1.83. The van der Waals surface area contributed by atoms with Crippen LogP contribution in [0.2, 0.25) is 5.02 Å². The smallest absolute Gasteiger partial charge is 0.204 e. The molecule has 1 aromatic heterocycles. The van der Waals surface area contributed by atoms with Crippen molar-refractivity contribution in [3.05, 3.63) is 40.1 Å². The first-order chi connectivity index (χ1) is 6.75. The highest BCUT2D eigenvalue weighted by atomic mass is 79.9. The van der Waals surface area contributed by atoms with E-state index in [-0.39, 0.29) is 0 Å². The Labute approximate surface area is 94.6 Å². The molecule has 0 aliphatic rings. The van der Waals surface area contributed by atoms with Crippen molar-refractivity contribution in [2.75, 3.05) is 5.32 Å². The fraction of sp³-hybridized carbons (Fsp3) is 0. The molecule has 0 spiro atoms. The third-order valence-corrected chi connectivity index (χ3v) is 2.57. The van der Waals surface area contributed by atoms with E-state index in [9.17, 15) is 0 Å². The first kappa shape index (κ1) is 9.55. The molecule has 0 aliphatic heterocycles. The molecule has 0 aliphatic carbocycles. The lowest BCUT2D eigenvalue weighted by molar-refractivity contribution is 1.28. The second-order valence-electron chi connectivity index (χ2n) is 2.69. The van der Waals surface area contributed by atoms with E-state index in [4.69, 9.17) is 11.6 Å². The van der Waals surface area contributed by atoms with E-state index >= 15 is 0 Å². The lowest BCUT2D eigenvalue weighted by atomic mass is 10.3. The minimum atomic E-state index is 0.696. The molecular formula is C9H7BrClN3. The van der Waals surface area contributed by atoms with Crippen molar-refractivity contribution in [2.45, 2.75) is 0 Å². The van der Waals surface area contributed by atoms with Crippen molar-refractivity contribution >= 4 is 39.2 Å². The Hall–Kier alpha value is -1.00. The van der Waals surface area contributed by atoms with Crippen molar-refractivity contribution in [1.82, 2.24) is 9.97 Å².